The van der Waals surface area contributed by atoms with Gasteiger partial charge in [0, 0.05) is 37.7 Å². The first-order chi connectivity index (χ1) is 13.6. The number of aromatic nitrogens is 5. The fourth-order valence-electron chi connectivity index (χ4n) is 3.12. The van der Waals surface area contributed by atoms with E-state index in [0.717, 1.165) is 28.2 Å². The number of pyridine rings is 1. The number of hydrogen-bond acceptors (Lipinski definition) is 4. The van der Waals surface area contributed by atoms with Crippen molar-refractivity contribution in [1.82, 2.24) is 29.9 Å². The van der Waals surface area contributed by atoms with Crippen molar-refractivity contribution in [1.29, 1.82) is 0 Å². The molecule has 7 nitrogen and oxygen atoms in total. The summed E-state index contributed by atoms with van der Waals surface area (Å²) in [7, 11) is 1.89. The Morgan fingerprint density at radius 3 is 2.64 bits per heavy atom. The van der Waals surface area contributed by atoms with Gasteiger partial charge in [0.1, 0.15) is 0 Å². The zero-order valence-corrected chi connectivity index (χ0v) is 15.7. The summed E-state index contributed by atoms with van der Waals surface area (Å²) < 4.78 is 3.56. The molecule has 0 fully saturated rings. The minimum atomic E-state index is -0.161. The molecule has 0 radical (unpaired) electrons. The van der Waals surface area contributed by atoms with E-state index < -0.39 is 0 Å². The van der Waals surface area contributed by atoms with Crippen molar-refractivity contribution < 1.29 is 4.79 Å². The molecule has 3 aromatic heterocycles. The third-order valence-electron chi connectivity index (χ3n) is 4.62. The van der Waals surface area contributed by atoms with Crippen molar-refractivity contribution in [2.45, 2.75) is 13.5 Å². The summed E-state index contributed by atoms with van der Waals surface area (Å²) >= 11 is 0. The second-order valence-electron chi connectivity index (χ2n) is 6.50. The fourth-order valence-corrected chi connectivity index (χ4v) is 3.12. The van der Waals surface area contributed by atoms with Gasteiger partial charge in [0.15, 0.2) is 0 Å². The number of amides is 1. The van der Waals surface area contributed by atoms with Crippen LogP contribution in [0.3, 0.4) is 0 Å². The van der Waals surface area contributed by atoms with Gasteiger partial charge in [0.05, 0.1) is 28.8 Å². The molecule has 0 saturated carbocycles. The summed E-state index contributed by atoms with van der Waals surface area (Å²) in [6.07, 6.45) is 6.88. The van der Waals surface area contributed by atoms with E-state index in [4.69, 9.17) is 0 Å². The Morgan fingerprint density at radius 2 is 1.89 bits per heavy atom. The Kier molecular flexibility index (Phi) is 4.72. The van der Waals surface area contributed by atoms with Gasteiger partial charge in [-0.2, -0.15) is 10.2 Å². The predicted octanol–water partition coefficient (Wildman–Crippen LogP) is 2.91. The Balaban J connectivity index is 1.48. The lowest BCUT2D eigenvalue weighted by Crippen LogP contribution is -2.23. The van der Waals surface area contributed by atoms with Gasteiger partial charge < -0.3 is 5.32 Å². The minimum absolute atomic E-state index is 0.161. The number of carbonyl (C=O) groups is 1. The van der Waals surface area contributed by atoms with E-state index in [2.05, 4.69) is 20.5 Å². The van der Waals surface area contributed by atoms with Crippen LogP contribution in [0.1, 0.15) is 21.6 Å². The van der Waals surface area contributed by atoms with Gasteiger partial charge in [-0.3, -0.25) is 14.5 Å². The van der Waals surface area contributed by atoms with Crippen LogP contribution in [0.2, 0.25) is 0 Å². The number of para-hydroxylation sites is 1. The van der Waals surface area contributed by atoms with Gasteiger partial charge in [0.25, 0.3) is 5.91 Å². The fraction of sp³-hybridized carbons (Fsp3) is 0.143. The van der Waals surface area contributed by atoms with E-state index in [1.807, 2.05) is 56.4 Å². The normalized spacial score (nSPS) is 10.8. The Labute approximate surface area is 162 Å². The van der Waals surface area contributed by atoms with Crippen LogP contribution in [0.5, 0.6) is 0 Å². The molecule has 7 heteroatoms. The van der Waals surface area contributed by atoms with Crippen LogP contribution in [0.15, 0.2) is 67.3 Å². The van der Waals surface area contributed by atoms with Crippen LogP contribution in [-0.2, 0) is 13.6 Å². The topological polar surface area (TPSA) is 77.6 Å². The highest BCUT2D eigenvalue weighted by Gasteiger charge is 2.15. The van der Waals surface area contributed by atoms with Crippen LogP contribution in [0.25, 0.3) is 16.9 Å². The first-order valence-corrected chi connectivity index (χ1v) is 8.94. The van der Waals surface area contributed by atoms with E-state index >= 15 is 0 Å². The first-order valence-electron chi connectivity index (χ1n) is 8.94. The summed E-state index contributed by atoms with van der Waals surface area (Å²) in [4.78, 5) is 16.9. The zero-order chi connectivity index (χ0) is 19.5. The van der Waals surface area contributed by atoms with Crippen LogP contribution < -0.4 is 5.32 Å². The second-order valence-corrected chi connectivity index (χ2v) is 6.50. The molecule has 28 heavy (non-hydrogen) atoms. The number of hydrogen-bond donors (Lipinski definition) is 1. The molecule has 0 aliphatic heterocycles. The molecule has 0 aliphatic carbocycles. The molecule has 0 spiro atoms. The van der Waals surface area contributed by atoms with E-state index in [1.54, 1.807) is 34.2 Å². The van der Waals surface area contributed by atoms with Gasteiger partial charge in [-0.15, -0.1) is 0 Å². The maximum Gasteiger partial charge on any atom is 0.255 e. The number of aryl methyl sites for hydroxylation is 1. The number of nitrogens with zero attached hydrogens (tertiary/aromatic N) is 5. The minimum Gasteiger partial charge on any atom is -0.348 e. The average molecular weight is 372 g/mol. The molecule has 1 aromatic carbocycles. The van der Waals surface area contributed by atoms with Crippen molar-refractivity contribution in [2.24, 2.45) is 7.05 Å². The molecule has 3 heterocycles. The van der Waals surface area contributed by atoms with Gasteiger partial charge in [-0.1, -0.05) is 18.2 Å². The second kappa shape index (κ2) is 7.48. The number of rotatable bonds is 5. The smallest absolute Gasteiger partial charge is 0.255 e. The Hall–Kier alpha value is -3.74. The quantitative estimate of drug-likeness (QED) is 0.584. The molecule has 140 valence electrons. The SMILES string of the molecule is Cc1c(C(=O)NCc2cncc(-c3ccnn3C)c2)cnn1-c1ccccc1. The highest BCUT2D eigenvalue weighted by atomic mass is 16.1. The summed E-state index contributed by atoms with van der Waals surface area (Å²) in [5, 5.41) is 11.5. The molecule has 1 N–H and O–H groups in total. The molecule has 0 unspecified atom stereocenters. The molecular weight excluding hydrogens is 352 g/mol. The van der Waals surface area contributed by atoms with E-state index in [1.165, 1.54) is 0 Å². The van der Waals surface area contributed by atoms with Gasteiger partial charge in [0.2, 0.25) is 0 Å². The lowest BCUT2D eigenvalue weighted by Gasteiger charge is -2.08. The maximum atomic E-state index is 12.7. The summed E-state index contributed by atoms with van der Waals surface area (Å²) in [5.74, 6) is -0.161. The van der Waals surface area contributed by atoms with Crippen LogP contribution >= 0.6 is 0 Å². The zero-order valence-electron chi connectivity index (χ0n) is 15.7. The van der Waals surface area contributed by atoms with Crippen molar-refractivity contribution in [3.63, 3.8) is 0 Å². The Bertz CT molecular complexity index is 1110. The largest absolute Gasteiger partial charge is 0.348 e. The third-order valence-corrected chi connectivity index (χ3v) is 4.62. The molecule has 0 aliphatic rings. The number of nitrogens with one attached hydrogen (secondary N) is 1. The first kappa shape index (κ1) is 17.7. The van der Waals surface area contributed by atoms with Crippen LogP contribution in [0.4, 0.5) is 0 Å². The van der Waals surface area contributed by atoms with Crippen LogP contribution in [0, 0.1) is 6.92 Å². The summed E-state index contributed by atoms with van der Waals surface area (Å²) in [6, 6.07) is 13.7. The van der Waals surface area contributed by atoms with Gasteiger partial charge in [-0.05, 0) is 36.8 Å². The maximum absolute atomic E-state index is 12.7. The number of benzene rings is 1. The predicted molar refractivity (Wildman–Crippen MR) is 106 cm³/mol. The van der Waals surface area contributed by atoms with Gasteiger partial charge >= 0.3 is 0 Å². The summed E-state index contributed by atoms with van der Waals surface area (Å²) in [5.41, 5.74) is 5.12. The average Bonchev–Trinajstić information content (AvgIpc) is 3.32. The molecule has 0 atom stereocenters. The molecular formula is C21H20N6O. The standard InChI is InChI=1S/C21H20N6O/c1-15-19(14-25-27(15)18-6-4-3-5-7-18)21(28)23-12-16-10-17(13-22-11-16)20-8-9-24-26(20)2/h3-11,13-14H,12H2,1-2H3,(H,23,28). The van der Waals surface area contributed by atoms with Crippen molar-refractivity contribution in [2.75, 3.05) is 0 Å². The van der Waals surface area contributed by atoms with E-state index in [0.29, 0.717) is 12.1 Å². The van der Waals surface area contributed by atoms with E-state index in [9.17, 15) is 4.79 Å². The molecule has 0 bridgehead atoms. The lowest BCUT2D eigenvalue weighted by molar-refractivity contribution is 0.0950. The molecule has 1 amide bonds. The lowest BCUT2D eigenvalue weighted by atomic mass is 10.1. The monoisotopic (exact) mass is 372 g/mol. The summed E-state index contributed by atoms with van der Waals surface area (Å²) in [6.45, 7) is 2.27. The highest BCUT2D eigenvalue weighted by Crippen LogP contribution is 2.18. The van der Waals surface area contributed by atoms with Crippen molar-refractivity contribution >= 4 is 5.91 Å². The molecule has 4 aromatic rings. The number of carbonyl (C=O) groups excluding carboxylic acids is 1. The molecule has 0 saturated heterocycles. The molecule has 4 rings (SSSR count). The Morgan fingerprint density at radius 1 is 1.07 bits per heavy atom. The highest BCUT2D eigenvalue weighted by molar-refractivity contribution is 5.95. The van der Waals surface area contributed by atoms with Crippen molar-refractivity contribution in [3.05, 3.63) is 84.1 Å². The van der Waals surface area contributed by atoms with Crippen LogP contribution in [-0.4, -0.2) is 30.5 Å². The van der Waals surface area contributed by atoms with E-state index in [-0.39, 0.29) is 5.91 Å². The van der Waals surface area contributed by atoms with Crippen molar-refractivity contribution in [3.8, 4) is 16.9 Å². The third kappa shape index (κ3) is 3.42. The van der Waals surface area contributed by atoms with Gasteiger partial charge in [-0.25, -0.2) is 4.68 Å².